The SMILES string of the molecule is O=C(NCc1ccc(N2CCOCC2)cc1C(F)(F)F)C1CC1c1ccc(Br)cc1. The summed E-state index contributed by atoms with van der Waals surface area (Å²) in [6, 6.07) is 12.1. The summed E-state index contributed by atoms with van der Waals surface area (Å²) in [5.74, 6) is -0.259. The molecule has 2 aromatic rings. The zero-order chi connectivity index (χ0) is 21.3. The summed E-state index contributed by atoms with van der Waals surface area (Å²) in [4.78, 5) is 14.4. The lowest BCUT2D eigenvalue weighted by Gasteiger charge is -2.29. The van der Waals surface area contributed by atoms with Gasteiger partial charge < -0.3 is 15.0 Å². The first kappa shape index (κ1) is 21.2. The molecule has 8 heteroatoms. The Labute approximate surface area is 181 Å². The van der Waals surface area contributed by atoms with E-state index in [4.69, 9.17) is 4.74 Å². The number of anilines is 1. The van der Waals surface area contributed by atoms with Crippen molar-refractivity contribution in [3.8, 4) is 0 Å². The fourth-order valence-corrected chi connectivity index (χ4v) is 4.14. The molecule has 4 nitrogen and oxygen atoms in total. The van der Waals surface area contributed by atoms with Gasteiger partial charge in [-0.3, -0.25) is 4.79 Å². The highest BCUT2D eigenvalue weighted by molar-refractivity contribution is 9.10. The van der Waals surface area contributed by atoms with Gasteiger partial charge in [-0.15, -0.1) is 0 Å². The molecule has 0 aromatic heterocycles. The first-order valence-corrected chi connectivity index (χ1v) is 10.7. The second-order valence-electron chi connectivity index (χ2n) is 7.66. The van der Waals surface area contributed by atoms with Crippen molar-refractivity contribution in [1.29, 1.82) is 0 Å². The molecule has 2 fully saturated rings. The topological polar surface area (TPSA) is 41.6 Å². The van der Waals surface area contributed by atoms with Gasteiger partial charge in [0.25, 0.3) is 0 Å². The van der Waals surface area contributed by atoms with Crippen molar-refractivity contribution in [2.45, 2.75) is 25.1 Å². The lowest BCUT2D eigenvalue weighted by molar-refractivity contribution is -0.138. The lowest BCUT2D eigenvalue weighted by atomic mass is 10.0. The van der Waals surface area contributed by atoms with Gasteiger partial charge in [0.2, 0.25) is 5.91 Å². The molecular weight excluding hydrogens is 461 g/mol. The van der Waals surface area contributed by atoms with Crippen LogP contribution >= 0.6 is 15.9 Å². The highest BCUT2D eigenvalue weighted by Crippen LogP contribution is 2.47. The average Bonchev–Trinajstić information content (AvgIpc) is 3.53. The van der Waals surface area contributed by atoms with Crippen molar-refractivity contribution in [2.75, 3.05) is 31.2 Å². The lowest BCUT2D eigenvalue weighted by Crippen LogP contribution is -2.36. The Bertz CT molecular complexity index is 912. The Morgan fingerprint density at radius 2 is 1.83 bits per heavy atom. The number of hydrogen-bond donors (Lipinski definition) is 1. The number of hydrogen-bond acceptors (Lipinski definition) is 3. The van der Waals surface area contributed by atoms with Gasteiger partial charge in [-0.05, 0) is 47.7 Å². The second-order valence-corrected chi connectivity index (χ2v) is 8.57. The molecular formula is C22H22BrF3N2O2. The summed E-state index contributed by atoms with van der Waals surface area (Å²) in [7, 11) is 0. The number of amides is 1. The van der Waals surface area contributed by atoms with Crippen LogP contribution in [-0.4, -0.2) is 32.2 Å². The molecule has 1 N–H and O–H groups in total. The molecule has 1 amide bonds. The van der Waals surface area contributed by atoms with E-state index in [9.17, 15) is 18.0 Å². The molecule has 1 saturated carbocycles. The van der Waals surface area contributed by atoms with Crippen molar-refractivity contribution in [1.82, 2.24) is 5.32 Å². The van der Waals surface area contributed by atoms with Gasteiger partial charge in [0.1, 0.15) is 0 Å². The fraction of sp³-hybridized carbons (Fsp3) is 0.409. The minimum atomic E-state index is -4.48. The quantitative estimate of drug-likeness (QED) is 0.669. The van der Waals surface area contributed by atoms with Crippen LogP contribution in [0.25, 0.3) is 0 Å². The number of carbonyl (C=O) groups excluding carboxylic acids is 1. The summed E-state index contributed by atoms with van der Waals surface area (Å²) in [5, 5.41) is 2.70. The Kier molecular flexibility index (Phi) is 6.06. The van der Waals surface area contributed by atoms with Crippen molar-refractivity contribution >= 4 is 27.5 Å². The molecule has 0 spiro atoms. The number of morpholine rings is 1. The molecule has 4 rings (SSSR count). The van der Waals surface area contributed by atoms with Gasteiger partial charge in [-0.1, -0.05) is 34.1 Å². The van der Waals surface area contributed by atoms with Crippen LogP contribution in [0.5, 0.6) is 0 Å². The third-order valence-corrected chi connectivity index (χ3v) is 6.18. The predicted molar refractivity (Wildman–Crippen MR) is 111 cm³/mol. The second kappa shape index (κ2) is 8.59. The van der Waals surface area contributed by atoms with E-state index in [0.717, 1.165) is 16.5 Å². The van der Waals surface area contributed by atoms with Crippen LogP contribution < -0.4 is 10.2 Å². The van der Waals surface area contributed by atoms with Crippen LogP contribution in [-0.2, 0) is 22.3 Å². The number of benzene rings is 2. The molecule has 0 radical (unpaired) electrons. The molecule has 1 aliphatic heterocycles. The minimum absolute atomic E-state index is 0.0775. The van der Waals surface area contributed by atoms with Crippen molar-refractivity contribution in [3.05, 3.63) is 63.6 Å². The Morgan fingerprint density at radius 1 is 1.13 bits per heavy atom. The van der Waals surface area contributed by atoms with E-state index >= 15 is 0 Å². The normalized spacial score (nSPS) is 21.4. The number of halogens is 4. The van der Waals surface area contributed by atoms with Crippen LogP contribution in [0.4, 0.5) is 18.9 Å². The van der Waals surface area contributed by atoms with E-state index < -0.39 is 11.7 Å². The number of rotatable bonds is 5. The van der Waals surface area contributed by atoms with E-state index in [0.29, 0.717) is 32.0 Å². The van der Waals surface area contributed by atoms with E-state index in [2.05, 4.69) is 21.2 Å². The number of alkyl halides is 3. The molecule has 0 bridgehead atoms. The molecule has 2 aliphatic rings. The molecule has 2 aromatic carbocycles. The third-order valence-electron chi connectivity index (χ3n) is 5.65. The Hall–Kier alpha value is -2.06. The van der Waals surface area contributed by atoms with E-state index in [1.54, 1.807) is 6.07 Å². The van der Waals surface area contributed by atoms with E-state index in [-0.39, 0.29) is 29.9 Å². The summed E-state index contributed by atoms with van der Waals surface area (Å²) in [5.41, 5.74) is 0.975. The maximum Gasteiger partial charge on any atom is 0.416 e. The zero-order valence-corrected chi connectivity index (χ0v) is 17.8. The number of nitrogens with zero attached hydrogens (tertiary/aromatic N) is 1. The third kappa shape index (κ3) is 4.81. The highest BCUT2D eigenvalue weighted by atomic mass is 79.9. The first-order chi connectivity index (χ1) is 14.3. The van der Waals surface area contributed by atoms with E-state index in [1.165, 1.54) is 12.1 Å². The smallest absolute Gasteiger partial charge is 0.378 e. The minimum Gasteiger partial charge on any atom is -0.378 e. The largest absolute Gasteiger partial charge is 0.416 e. The first-order valence-electron chi connectivity index (χ1n) is 9.89. The number of ether oxygens (including phenoxy) is 1. The van der Waals surface area contributed by atoms with Gasteiger partial charge in [0.15, 0.2) is 0 Å². The molecule has 1 aliphatic carbocycles. The van der Waals surface area contributed by atoms with E-state index in [1.807, 2.05) is 29.2 Å². The van der Waals surface area contributed by atoms with Crippen molar-refractivity contribution in [2.24, 2.45) is 5.92 Å². The monoisotopic (exact) mass is 482 g/mol. The summed E-state index contributed by atoms with van der Waals surface area (Å²) in [6.45, 7) is 1.99. The maximum atomic E-state index is 13.6. The van der Waals surface area contributed by atoms with Crippen molar-refractivity contribution < 1.29 is 22.7 Å². The van der Waals surface area contributed by atoms with Crippen LogP contribution in [0.1, 0.15) is 29.0 Å². The van der Waals surface area contributed by atoms with Gasteiger partial charge in [-0.25, -0.2) is 0 Å². The maximum absolute atomic E-state index is 13.6. The van der Waals surface area contributed by atoms with Crippen LogP contribution in [0, 0.1) is 5.92 Å². The molecule has 1 saturated heterocycles. The number of nitrogens with one attached hydrogen (secondary N) is 1. The summed E-state index contributed by atoms with van der Waals surface area (Å²) >= 11 is 3.38. The Morgan fingerprint density at radius 3 is 2.50 bits per heavy atom. The van der Waals surface area contributed by atoms with Crippen LogP contribution in [0.3, 0.4) is 0 Å². The molecule has 160 valence electrons. The summed E-state index contributed by atoms with van der Waals surface area (Å²) < 4.78 is 47.2. The van der Waals surface area contributed by atoms with Crippen LogP contribution in [0.2, 0.25) is 0 Å². The van der Waals surface area contributed by atoms with Crippen molar-refractivity contribution in [3.63, 3.8) is 0 Å². The zero-order valence-electron chi connectivity index (χ0n) is 16.2. The van der Waals surface area contributed by atoms with Gasteiger partial charge in [-0.2, -0.15) is 13.2 Å². The average molecular weight is 483 g/mol. The highest BCUT2D eigenvalue weighted by Gasteiger charge is 2.44. The fourth-order valence-electron chi connectivity index (χ4n) is 3.88. The molecule has 2 atom stereocenters. The van der Waals surface area contributed by atoms with Crippen LogP contribution in [0.15, 0.2) is 46.9 Å². The van der Waals surface area contributed by atoms with Gasteiger partial charge in [0.05, 0.1) is 18.8 Å². The number of carbonyl (C=O) groups is 1. The summed E-state index contributed by atoms with van der Waals surface area (Å²) in [6.07, 6.45) is -3.77. The standard InChI is InChI=1S/C22H22BrF3N2O2/c23-16-4-1-14(2-5-16)18-12-19(18)21(29)27-13-15-3-6-17(11-20(15)22(24,25)26)28-7-9-30-10-8-28/h1-6,11,18-19H,7-10,12-13H2,(H,27,29). The molecule has 30 heavy (non-hydrogen) atoms. The van der Waals surface area contributed by atoms with Gasteiger partial charge >= 0.3 is 6.18 Å². The predicted octanol–water partition coefficient (Wildman–Crippen LogP) is 4.72. The molecule has 2 unspecified atom stereocenters. The van der Waals surface area contributed by atoms with Gasteiger partial charge in [0, 0.05) is 35.7 Å². The molecule has 1 heterocycles. The Balaban J connectivity index is 1.42.